The van der Waals surface area contributed by atoms with Gasteiger partial charge in [0.1, 0.15) is 5.82 Å². The van der Waals surface area contributed by atoms with Crippen LogP contribution in [0.2, 0.25) is 0 Å². The number of thiocarbonyl (C=S) groups is 1. The Bertz CT molecular complexity index is 1160. The third kappa shape index (κ3) is 5.49. The Morgan fingerprint density at radius 1 is 1.06 bits per heavy atom. The number of nitrogens with one attached hydrogen (secondary N) is 1. The van der Waals surface area contributed by atoms with Crippen LogP contribution in [0, 0.1) is 17.5 Å². The Balaban J connectivity index is 1.51. The number of nitrogens with two attached hydrogens (primary N) is 1. The third-order valence-corrected chi connectivity index (χ3v) is 6.65. The van der Waals surface area contributed by atoms with Gasteiger partial charge in [-0.1, -0.05) is 12.2 Å². The molecule has 14 heteroatoms. The van der Waals surface area contributed by atoms with Crippen LogP contribution in [-0.2, 0) is 25.7 Å². The van der Waals surface area contributed by atoms with Crippen molar-refractivity contribution >= 4 is 23.1 Å². The molecule has 1 saturated heterocycles. The second-order valence-electron chi connectivity index (χ2n) is 8.76. The Kier molecular flexibility index (Phi) is 7.57. The first-order valence-corrected chi connectivity index (χ1v) is 11.7. The highest BCUT2D eigenvalue weighted by Gasteiger charge is 2.42. The number of halogens is 6. The molecule has 3 N–H and O–H groups in total. The van der Waals surface area contributed by atoms with E-state index >= 15 is 0 Å². The minimum Gasteiger partial charge on any atom is -0.358 e. The molecule has 0 bridgehead atoms. The fourth-order valence-corrected chi connectivity index (χ4v) is 4.78. The van der Waals surface area contributed by atoms with Gasteiger partial charge < -0.3 is 25.4 Å². The lowest BCUT2D eigenvalue weighted by molar-refractivity contribution is -0.147. The van der Waals surface area contributed by atoms with Gasteiger partial charge in [0.2, 0.25) is 5.82 Å². The van der Waals surface area contributed by atoms with E-state index in [1.165, 1.54) is 4.90 Å². The van der Waals surface area contributed by atoms with E-state index < -0.39 is 41.4 Å². The van der Waals surface area contributed by atoms with E-state index in [4.69, 9.17) is 18.0 Å². The third-order valence-electron chi connectivity index (χ3n) is 6.23. The number of imidazole rings is 1. The zero-order valence-corrected chi connectivity index (χ0v) is 19.9. The zero-order chi connectivity index (χ0) is 26.2. The van der Waals surface area contributed by atoms with Gasteiger partial charge in [0, 0.05) is 57.8 Å². The van der Waals surface area contributed by atoms with E-state index in [0.29, 0.717) is 37.2 Å². The number of carbonyl (C=O) groups excluding carboxylic acids is 1. The predicted octanol–water partition coefficient (Wildman–Crippen LogP) is 2.47. The average molecular weight is 535 g/mol. The molecule has 36 heavy (non-hydrogen) atoms. The largest absolute Gasteiger partial charge is 0.449 e. The molecule has 7 nitrogen and oxygen atoms in total. The first-order chi connectivity index (χ1) is 17.0. The Morgan fingerprint density at radius 2 is 1.72 bits per heavy atom. The topological polar surface area (TPSA) is 79.4 Å². The molecular formula is C22H24F6N6OS. The molecule has 0 radical (unpaired) electrons. The lowest BCUT2D eigenvalue weighted by Gasteiger charge is -2.33. The van der Waals surface area contributed by atoms with Crippen molar-refractivity contribution in [1.29, 1.82) is 0 Å². The minimum atomic E-state index is -4.74. The standard InChI is InChI=1S/C22H24F6N6OS/c23-14-10-16(25)15(24)8-12(14)7-13(29)9-18(36)33-5-6-34-17(11-33)19(31-21(34)22(26,27)28)20(35)32-3-1-30-2-4-32/h8,10,13,30H,1-7,9,11,29H2/t13-/m0/s1. The van der Waals surface area contributed by atoms with E-state index in [0.717, 1.165) is 10.6 Å². The van der Waals surface area contributed by atoms with Crippen LogP contribution in [0.25, 0.3) is 0 Å². The molecule has 1 aromatic carbocycles. The van der Waals surface area contributed by atoms with Crippen LogP contribution in [0.15, 0.2) is 12.1 Å². The van der Waals surface area contributed by atoms with Crippen molar-refractivity contribution in [3.63, 3.8) is 0 Å². The summed E-state index contributed by atoms with van der Waals surface area (Å²) in [6, 6.07) is 0.424. The molecule has 1 aromatic heterocycles. The van der Waals surface area contributed by atoms with Gasteiger partial charge in [0.05, 0.1) is 17.2 Å². The van der Waals surface area contributed by atoms with Crippen molar-refractivity contribution in [3.05, 3.63) is 52.4 Å². The van der Waals surface area contributed by atoms with Gasteiger partial charge in [-0.3, -0.25) is 4.79 Å². The maximum Gasteiger partial charge on any atom is 0.449 e. The molecule has 0 saturated carbocycles. The molecule has 3 heterocycles. The molecular weight excluding hydrogens is 510 g/mol. The number of rotatable bonds is 5. The summed E-state index contributed by atoms with van der Waals surface area (Å²) in [6.45, 7) is 1.70. The number of alkyl halides is 3. The summed E-state index contributed by atoms with van der Waals surface area (Å²) >= 11 is 5.45. The van der Waals surface area contributed by atoms with E-state index in [2.05, 4.69) is 10.3 Å². The quantitative estimate of drug-likeness (QED) is 0.349. The number of hydrogen-bond donors (Lipinski definition) is 2. The Morgan fingerprint density at radius 3 is 2.39 bits per heavy atom. The van der Waals surface area contributed by atoms with Crippen LogP contribution in [0.5, 0.6) is 0 Å². The van der Waals surface area contributed by atoms with Gasteiger partial charge in [-0.15, -0.1) is 0 Å². The second-order valence-corrected chi connectivity index (χ2v) is 9.23. The summed E-state index contributed by atoms with van der Waals surface area (Å²) in [5.41, 5.74) is 5.81. The van der Waals surface area contributed by atoms with Crippen LogP contribution in [0.3, 0.4) is 0 Å². The van der Waals surface area contributed by atoms with Crippen LogP contribution in [0.1, 0.15) is 34.0 Å². The highest BCUT2D eigenvalue weighted by Crippen LogP contribution is 2.33. The molecule has 2 aliphatic rings. The molecule has 1 amide bonds. The monoisotopic (exact) mass is 534 g/mol. The summed E-state index contributed by atoms with van der Waals surface area (Å²) < 4.78 is 82.6. The SMILES string of the molecule is N[C@H](CC(=S)N1CCn2c(C(F)(F)F)nc(C(=O)N3CCNCC3)c2C1)Cc1cc(F)c(F)cc1F. The molecule has 0 aliphatic carbocycles. The fraction of sp³-hybridized carbons (Fsp3) is 0.500. The summed E-state index contributed by atoms with van der Waals surface area (Å²) in [6.07, 6.45) is -4.81. The lowest BCUT2D eigenvalue weighted by atomic mass is 10.0. The van der Waals surface area contributed by atoms with Crippen molar-refractivity contribution in [2.45, 2.75) is 38.1 Å². The predicted molar refractivity (Wildman–Crippen MR) is 122 cm³/mol. The van der Waals surface area contributed by atoms with Crippen LogP contribution in [-0.4, -0.2) is 69.0 Å². The van der Waals surface area contributed by atoms with E-state index in [9.17, 15) is 31.1 Å². The Labute approximate surface area is 208 Å². The van der Waals surface area contributed by atoms with Crippen molar-refractivity contribution in [3.8, 4) is 0 Å². The van der Waals surface area contributed by atoms with Gasteiger partial charge in [0.25, 0.3) is 5.91 Å². The number of piperazine rings is 1. The lowest BCUT2D eigenvalue weighted by Crippen LogP contribution is -2.47. The fourth-order valence-electron chi connectivity index (χ4n) is 4.41. The molecule has 4 rings (SSSR count). The summed E-state index contributed by atoms with van der Waals surface area (Å²) in [7, 11) is 0. The molecule has 2 aromatic rings. The van der Waals surface area contributed by atoms with Gasteiger partial charge in [-0.2, -0.15) is 13.2 Å². The first-order valence-electron chi connectivity index (χ1n) is 11.3. The molecule has 1 fully saturated rings. The van der Waals surface area contributed by atoms with Gasteiger partial charge in [-0.05, 0) is 18.1 Å². The van der Waals surface area contributed by atoms with Crippen molar-refractivity contribution < 1.29 is 31.1 Å². The minimum absolute atomic E-state index is 0.0507. The highest BCUT2D eigenvalue weighted by atomic mass is 32.1. The second kappa shape index (κ2) is 10.3. The number of amides is 1. The maximum atomic E-state index is 14.0. The summed E-state index contributed by atoms with van der Waals surface area (Å²) in [4.78, 5) is 20.1. The summed E-state index contributed by atoms with van der Waals surface area (Å²) in [5.74, 6) is -5.16. The van der Waals surface area contributed by atoms with E-state index in [1.54, 1.807) is 4.90 Å². The Hall–Kier alpha value is -2.71. The van der Waals surface area contributed by atoms with Crippen molar-refractivity contribution in [2.75, 3.05) is 32.7 Å². The molecule has 0 unspecified atom stereocenters. The summed E-state index contributed by atoms with van der Waals surface area (Å²) in [5, 5.41) is 3.08. The normalized spacial score (nSPS) is 17.2. The maximum absolute atomic E-state index is 14.0. The average Bonchev–Trinajstić information content (AvgIpc) is 3.22. The number of nitrogens with zero attached hydrogens (tertiary/aromatic N) is 4. The van der Waals surface area contributed by atoms with Crippen molar-refractivity contribution in [2.24, 2.45) is 5.73 Å². The number of aromatic nitrogens is 2. The van der Waals surface area contributed by atoms with Gasteiger partial charge >= 0.3 is 6.18 Å². The van der Waals surface area contributed by atoms with Crippen LogP contribution >= 0.6 is 12.2 Å². The molecule has 196 valence electrons. The number of benzene rings is 1. The number of carbonyl (C=O) groups is 1. The van der Waals surface area contributed by atoms with Crippen molar-refractivity contribution in [1.82, 2.24) is 24.7 Å². The van der Waals surface area contributed by atoms with Gasteiger partial charge in [0.15, 0.2) is 17.3 Å². The highest BCUT2D eigenvalue weighted by molar-refractivity contribution is 7.80. The molecule has 1 atom stereocenters. The number of hydrogen-bond acceptors (Lipinski definition) is 5. The zero-order valence-electron chi connectivity index (χ0n) is 19.0. The van der Waals surface area contributed by atoms with E-state index in [-0.39, 0.29) is 49.4 Å². The number of fused-ring (bicyclic) bond motifs is 1. The molecule has 0 spiro atoms. The smallest absolute Gasteiger partial charge is 0.358 e. The van der Waals surface area contributed by atoms with E-state index in [1.807, 2.05) is 0 Å². The first kappa shape index (κ1) is 26.4. The van der Waals surface area contributed by atoms with Crippen LogP contribution < -0.4 is 11.1 Å². The van der Waals surface area contributed by atoms with Gasteiger partial charge in [-0.25, -0.2) is 18.2 Å². The van der Waals surface area contributed by atoms with Crippen LogP contribution in [0.4, 0.5) is 26.3 Å². The molecule has 2 aliphatic heterocycles.